The van der Waals surface area contributed by atoms with Gasteiger partial charge in [-0.1, -0.05) is 13.8 Å². The van der Waals surface area contributed by atoms with Crippen molar-refractivity contribution in [1.82, 2.24) is 10.2 Å². The van der Waals surface area contributed by atoms with Gasteiger partial charge in [0.15, 0.2) is 0 Å². The van der Waals surface area contributed by atoms with Crippen LogP contribution >= 0.6 is 0 Å². The Kier molecular flexibility index (Phi) is 7.21. The summed E-state index contributed by atoms with van der Waals surface area (Å²) < 4.78 is 5.35. The van der Waals surface area contributed by atoms with Crippen LogP contribution in [0.5, 0.6) is 0 Å². The lowest BCUT2D eigenvalue weighted by Gasteiger charge is -2.18. The maximum atomic E-state index is 12.1. The number of rotatable bonds is 8. The van der Waals surface area contributed by atoms with Crippen LogP contribution in [0.15, 0.2) is 24.3 Å². The molecule has 0 spiro atoms. The van der Waals surface area contributed by atoms with Crippen LogP contribution in [0.25, 0.3) is 0 Å². The lowest BCUT2D eigenvalue weighted by Crippen LogP contribution is -2.34. The third-order valence-corrected chi connectivity index (χ3v) is 4.24. The van der Waals surface area contributed by atoms with Crippen molar-refractivity contribution in [1.29, 1.82) is 0 Å². The lowest BCUT2D eigenvalue weighted by atomic mass is 10.2. The van der Waals surface area contributed by atoms with Crippen molar-refractivity contribution in [3.63, 3.8) is 0 Å². The number of carbonyl (C=O) groups excluding carboxylic acids is 2. The molecular formula is C18H27N3O3. The predicted octanol–water partition coefficient (Wildman–Crippen LogP) is 1.88. The molecule has 0 bridgehead atoms. The van der Waals surface area contributed by atoms with Gasteiger partial charge >= 0.3 is 0 Å². The van der Waals surface area contributed by atoms with Gasteiger partial charge in [-0.15, -0.1) is 0 Å². The van der Waals surface area contributed by atoms with E-state index in [9.17, 15) is 9.59 Å². The first kappa shape index (κ1) is 18.4. The van der Waals surface area contributed by atoms with Crippen molar-refractivity contribution < 1.29 is 14.3 Å². The fourth-order valence-corrected chi connectivity index (χ4v) is 2.68. The monoisotopic (exact) mass is 333 g/mol. The highest BCUT2D eigenvalue weighted by molar-refractivity contribution is 5.96. The van der Waals surface area contributed by atoms with E-state index < -0.39 is 0 Å². The second-order valence-corrected chi connectivity index (χ2v) is 5.85. The van der Waals surface area contributed by atoms with Gasteiger partial charge in [0.25, 0.3) is 11.8 Å². The normalized spacial score (nSPS) is 17.0. The summed E-state index contributed by atoms with van der Waals surface area (Å²) in [6.45, 7) is 8.28. The van der Waals surface area contributed by atoms with E-state index in [1.54, 1.807) is 24.3 Å². The van der Waals surface area contributed by atoms with Crippen molar-refractivity contribution in [3.8, 4) is 0 Å². The fourth-order valence-electron chi connectivity index (χ4n) is 2.68. The molecule has 1 saturated heterocycles. The number of nitrogens with zero attached hydrogens (tertiary/aromatic N) is 1. The van der Waals surface area contributed by atoms with Crippen LogP contribution in [0.4, 0.5) is 5.69 Å². The third-order valence-electron chi connectivity index (χ3n) is 4.24. The third kappa shape index (κ3) is 5.32. The van der Waals surface area contributed by atoms with Crippen LogP contribution in [-0.2, 0) is 9.53 Å². The average molecular weight is 333 g/mol. The molecule has 0 aromatic heterocycles. The quantitative estimate of drug-likeness (QED) is 0.762. The summed E-state index contributed by atoms with van der Waals surface area (Å²) in [5.74, 6) is -0.219. The highest BCUT2D eigenvalue weighted by atomic mass is 16.5. The molecule has 1 aliphatic rings. The van der Waals surface area contributed by atoms with E-state index in [0.717, 1.165) is 32.5 Å². The number of likely N-dealkylation sites (N-methyl/N-ethyl adjacent to an activating group) is 1. The lowest BCUT2D eigenvalue weighted by molar-refractivity contribution is -0.124. The van der Waals surface area contributed by atoms with Crippen molar-refractivity contribution >= 4 is 17.5 Å². The van der Waals surface area contributed by atoms with Crippen molar-refractivity contribution in [2.24, 2.45) is 0 Å². The van der Waals surface area contributed by atoms with Crippen molar-refractivity contribution in [2.75, 3.05) is 38.1 Å². The topological polar surface area (TPSA) is 70.7 Å². The molecule has 6 heteroatoms. The summed E-state index contributed by atoms with van der Waals surface area (Å²) in [6, 6.07) is 6.92. The van der Waals surface area contributed by atoms with Gasteiger partial charge in [-0.25, -0.2) is 0 Å². The first-order chi connectivity index (χ1) is 11.6. The van der Waals surface area contributed by atoms with Gasteiger partial charge in [-0.05, 0) is 50.2 Å². The van der Waals surface area contributed by atoms with Gasteiger partial charge in [0.1, 0.15) is 6.10 Å². The largest absolute Gasteiger partial charge is 0.368 e. The SMILES string of the molecule is CCN(CC)CCNC(=O)c1ccc(NC(=O)C2CCCO2)cc1. The summed E-state index contributed by atoms with van der Waals surface area (Å²) in [6.07, 6.45) is 1.33. The standard InChI is InChI=1S/C18H27N3O3/c1-3-21(4-2)12-11-19-17(22)14-7-9-15(10-8-14)20-18(23)16-6-5-13-24-16/h7-10,16H,3-6,11-13H2,1-2H3,(H,19,22)(H,20,23). The Hall–Kier alpha value is -1.92. The molecule has 2 rings (SSSR count). The molecule has 1 aromatic rings. The van der Waals surface area contributed by atoms with Crippen molar-refractivity contribution in [3.05, 3.63) is 29.8 Å². The summed E-state index contributed by atoms with van der Waals surface area (Å²) in [4.78, 5) is 26.3. The molecule has 1 unspecified atom stereocenters. The van der Waals surface area contributed by atoms with E-state index in [4.69, 9.17) is 4.74 Å². The fraction of sp³-hybridized carbons (Fsp3) is 0.556. The number of anilines is 1. The molecule has 0 radical (unpaired) electrons. The predicted molar refractivity (Wildman–Crippen MR) is 94.2 cm³/mol. The minimum atomic E-state index is -0.354. The van der Waals surface area contributed by atoms with Gasteiger partial charge in [0.2, 0.25) is 0 Å². The van der Waals surface area contributed by atoms with E-state index in [2.05, 4.69) is 29.4 Å². The Bertz CT molecular complexity index is 535. The van der Waals surface area contributed by atoms with Crippen LogP contribution < -0.4 is 10.6 Å². The highest BCUT2D eigenvalue weighted by Gasteiger charge is 2.23. The highest BCUT2D eigenvalue weighted by Crippen LogP contribution is 2.15. The summed E-state index contributed by atoms with van der Waals surface area (Å²) in [5.41, 5.74) is 1.26. The number of nitrogens with one attached hydrogen (secondary N) is 2. The van der Waals surface area contributed by atoms with Crippen LogP contribution in [0.3, 0.4) is 0 Å². The van der Waals surface area contributed by atoms with E-state index >= 15 is 0 Å². The summed E-state index contributed by atoms with van der Waals surface area (Å²) in [5, 5.41) is 5.74. The molecule has 132 valence electrons. The Balaban J connectivity index is 1.80. The first-order valence-electron chi connectivity index (χ1n) is 8.67. The molecule has 1 heterocycles. The van der Waals surface area contributed by atoms with E-state index in [1.807, 2.05) is 0 Å². The maximum absolute atomic E-state index is 12.1. The molecule has 1 fully saturated rings. The number of hydrogen-bond acceptors (Lipinski definition) is 4. The smallest absolute Gasteiger partial charge is 0.253 e. The number of hydrogen-bond donors (Lipinski definition) is 2. The van der Waals surface area contributed by atoms with Gasteiger partial charge in [0.05, 0.1) is 0 Å². The molecule has 2 N–H and O–H groups in total. The Labute approximate surface area is 143 Å². The van der Waals surface area contributed by atoms with Crippen LogP contribution in [0, 0.1) is 0 Å². The minimum absolute atomic E-state index is 0.0980. The zero-order valence-corrected chi connectivity index (χ0v) is 14.5. The second kappa shape index (κ2) is 9.39. The maximum Gasteiger partial charge on any atom is 0.253 e. The molecule has 1 atom stereocenters. The van der Waals surface area contributed by atoms with E-state index in [0.29, 0.717) is 24.4 Å². The second-order valence-electron chi connectivity index (χ2n) is 5.85. The molecule has 1 aliphatic heterocycles. The summed E-state index contributed by atoms with van der Waals surface area (Å²) in [7, 11) is 0. The molecule has 0 saturated carbocycles. The molecular weight excluding hydrogens is 306 g/mol. The average Bonchev–Trinajstić information content (AvgIpc) is 3.14. The number of ether oxygens (including phenoxy) is 1. The Morgan fingerprint density at radius 1 is 1.21 bits per heavy atom. The Morgan fingerprint density at radius 2 is 1.92 bits per heavy atom. The number of amides is 2. The molecule has 1 aromatic carbocycles. The van der Waals surface area contributed by atoms with Gasteiger partial charge in [-0.3, -0.25) is 9.59 Å². The Morgan fingerprint density at radius 3 is 2.50 bits per heavy atom. The first-order valence-corrected chi connectivity index (χ1v) is 8.67. The number of benzene rings is 1. The van der Waals surface area contributed by atoms with E-state index in [-0.39, 0.29) is 17.9 Å². The molecule has 0 aliphatic carbocycles. The van der Waals surface area contributed by atoms with Crippen LogP contribution in [-0.4, -0.2) is 55.6 Å². The zero-order chi connectivity index (χ0) is 17.4. The van der Waals surface area contributed by atoms with Crippen LogP contribution in [0.1, 0.15) is 37.0 Å². The zero-order valence-electron chi connectivity index (χ0n) is 14.5. The van der Waals surface area contributed by atoms with Crippen molar-refractivity contribution in [2.45, 2.75) is 32.8 Å². The molecule has 6 nitrogen and oxygen atoms in total. The summed E-state index contributed by atoms with van der Waals surface area (Å²) >= 11 is 0. The minimum Gasteiger partial charge on any atom is -0.368 e. The van der Waals surface area contributed by atoms with Gasteiger partial charge < -0.3 is 20.3 Å². The van der Waals surface area contributed by atoms with Gasteiger partial charge in [-0.2, -0.15) is 0 Å². The molecule has 2 amide bonds. The number of carbonyl (C=O) groups is 2. The van der Waals surface area contributed by atoms with Crippen LogP contribution in [0.2, 0.25) is 0 Å². The van der Waals surface area contributed by atoms with E-state index in [1.165, 1.54) is 0 Å². The molecule has 24 heavy (non-hydrogen) atoms. The van der Waals surface area contributed by atoms with Gasteiger partial charge in [0, 0.05) is 30.9 Å².